The Morgan fingerprint density at radius 3 is 2.38 bits per heavy atom. The molecule has 1 aromatic heterocycles. The number of carbonyl (C=O) groups is 1. The van der Waals surface area contributed by atoms with Gasteiger partial charge in [-0.05, 0) is 56.1 Å². The van der Waals surface area contributed by atoms with Crippen molar-refractivity contribution >= 4 is 38.1 Å². The first kappa shape index (κ1) is 11.5. The van der Waals surface area contributed by atoms with Crippen LogP contribution in [0, 0.1) is 5.82 Å². The van der Waals surface area contributed by atoms with E-state index >= 15 is 0 Å². The van der Waals surface area contributed by atoms with E-state index in [0.717, 1.165) is 0 Å². The molecule has 0 aliphatic carbocycles. The van der Waals surface area contributed by atoms with E-state index in [4.69, 9.17) is 0 Å². The van der Waals surface area contributed by atoms with Crippen LogP contribution in [0.4, 0.5) is 4.39 Å². The fourth-order valence-electron chi connectivity index (χ4n) is 1.24. The molecule has 0 saturated heterocycles. The summed E-state index contributed by atoms with van der Waals surface area (Å²) in [5.41, 5.74) is 1.09. The van der Waals surface area contributed by atoms with Gasteiger partial charge in [-0.3, -0.25) is 4.79 Å². The zero-order valence-electron chi connectivity index (χ0n) is 7.82. The minimum absolute atomic E-state index is 0.318. The normalized spacial score (nSPS) is 10.4. The van der Waals surface area contributed by atoms with Gasteiger partial charge in [-0.1, -0.05) is 0 Å². The SMILES string of the molecule is O=Cc1c(Br)nn(-c2ccc(F)cc2)c1Br. The molecule has 1 heterocycles. The van der Waals surface area contributed by atoms with Gasteiger partial charge in [-0.2, -0.15) is 5.10 Å². The number of carbonyl (C=O) groups excluding carboxylic acids is 1. The molecule has 6 heteroatoms. The Hall–Kier alpha value is -1.01. The van der Waals surface area contributed by atoms with Crippen molar-refractivity contribution < 1.29 is 9.18 Å². The molecule has 0 radical (unpaired) electrons. The third-order valence-corrected chi connectivity index (χ3v) is 3.36. The van der Waals surface area contributed by atoms with E-state index in [1.54, 1.807) is 12.1 Å². The van der Waals surface area contributed by atoms with Crippen molar-refractivity contribution in [2.75, 3.05) is 0 Å². The first-order valence-corrected chi connectivity index (χ1v) is 5.87. The Labute approximate surface area is 108 Å². The lowest BCUT2D eigenvalue weighted by Crippen LogP contribution is -1.96. The summed E-state index contributed by atoms with van der Waals surface area (Å²) >= 11 is 6.44. The van der Waals surface area contributed by atoms with E-state index in [2.05, 4.69) is 37.0 Å². The Bertz CT molecular complexity index is 536. The van der Waals surface area contributed by atoms with E-state index in [9.17, 15) is 9.18 Å². The Morgan fingerprint density at radius 2 is 1.88 bits per heavy atom. The number of aldehydes is 1. The van der Waals surface area contributed by atoms with Crippen molar-refractivity contribution in [1.29, 1.82) is 0 Å². The summed E-state index contributed by atoms with van der Waals surface area (Å²) in [6, 6.07) is 5.82. The highest BCUT2D eigenvalue weighted by molar-refractivity contribution is 9.11. The predicted octanol–water partition coefficient (Wildman–Crippen LogP) is 3.35. The highest BCUT2D eigenvalue weighted by Crippen LogP contribution is 2.26. The Morgan fingerprint density at radius 1 is 1.25 bits per heavy atom. The van der Waals surface area contributed by atoms with Gasteiger partial charge in [0.25, 0.3) is 0 Å². The Balaban J connectivity index is 2.56. The third kappa shape index (κ3) is 1.94. The minimum Gasteiger partial charge on any atom is -0.298 e. The van der Waals surface area contributed by atoms with Crippen LogP contribution in [0.1, 0.15) is 10.4 Å². The number of nitrogens with zero attached hydrogens (tertiary/aromatic N) is 2. The summed E-state index contributed by atoms with van der Waals surface area (Å²) in [7, 11) is 0. The topological polar surface area (TPSA) is 34.9 Å². The summed E-state index contributed by atoms with van der Waals surface area (Å²) in [5, 5.41) is 4.11. The lowest BCUT2D eigenvalue weighted by atomic mass is 10.3. The molecule has 2 aromatic rings. The van der Waals surface area contributed by atoms with Crippen molar-refractivity contribution in [3.63, 3.8) is 0 Å². The summed E-state index contributed by atoms with van der Waals surface area (Å²) in [6.45, 7) is 0. The Kier molecular flexibility index (Phi) is 3.20. The monoisotopic (exact) mass is 346 g/mol. The molecule has 0 N–H and O–H groups in total. The quantitative estimate of drug-likeness (QED) is 0.781. The highest BCUT2D eigenvalue weighted by Gasteiger charge is 2.14. The van der Waals surface area contributed by atoms with Crippen molar-refractivity contribution in [2.45, 2.75) is 0 Å². The van der Waals surface area contributed by atoms with Crippen LogP contribution in [0.15, 0.2) is 33.5 Å². The molecule has 16 heavy (non-hydrogen) atoms. The van der Waals surface area contributed by atoms with E-state index < -0.39 is 0 Å². The largest absolute Gasteiger partial charge is 0.298 e. The van der Waals surface area contributed by atoms with Crippen LogP contribution < -0.4 is 0 Å². The molecule has 0 unspecified atom stereocenters. The number of benzene rings is 1. The predicted molar refractivity (Wildman–Crippen MR) is 64.3 cm³/mol. The van der Waals surface area contributed by atoms with E-state index in [0.29, 0.717) is 26.7 Å². The molecule has 0 bridgehead atoms. The van der Waals surface area contributed by atoms with Crippen LogP contribution in [0.3, 0.4) is 0 Å². The van der Waals surface area contributed by atoms with Gasteiger partial charge in [-0.15, -0.1) is 0 Å². The fraction of sp³-hybridized carbons (Fsp3) is 0. The molecule has 82 valence electrons. The van der Waals surface area contributed by atoms with Crippen molar-refractivity contribution in [1.82, 2.24) is 9.78 Å². The molecule has 1 aromatic carbocycles. The van der Waals surface area contributed by atoms with Crippen molar-refractivity contribution in [2.24, 2.45) is 0 Å². The van der Waals surface area contributed by atoms with Gasteiger partial charge in [0.1, 0.15) is 15.0 Å². The minimum atomic E-state index is -0.318. The first-order chi connectivity index (χ1) is 7.63. The number of hydrogen-bond acceptors (Lipinski definition) is 2. The summed E-state index contributed by atoms with van der Waals surface area (Å²) in [4.78, 5) is 10.8. The van der Waals surface area contributed by atoms with Gasteiger partial charge >= 0.3 is 0 Å². The van der Waals surface area contributed by atoms with Gasteiger partial charge in [0.15, 0.2) is 6.29 Å². The smallest absolute Gasteiger partial charge is 0.155 e. The molecule has 0 aliphatic heterocycles. The standard InChI is InChI=1S/C10H5Br2FN2O/c11-9-8(5-16)10(12)15(14-9)7-3-1-6(13)2-4-7/h1-5H. The molecule has 0 spiro atoms. The van der Waals surface area contributed by atoms with Gasteiger partial charge in [0.2, 0.25) is 0 Å². The highest BCUT2D eigenvalue weighted by atomic mass is 79.9. The lowest BCUT2D eigenvalue weighted by Gasteiger charge is -2.02. The molecule has 0 aliphatic rings. The molecule has 3 nitrogen and oxygen atoms in total. The zero-order chi connectivity index (χ0) is 11.7. The summed E-state index contributed by atoms with van der Waals surface area (Å²) in [6.07, 6.45) is 0.696. The second-order valence-corrected chi connectivity index (χ2v) is 4.50. The molecule has 0 fully saturated rings. The van der Waals surface area contributed by atoms with E-state index in [-0.39, 0.29) is 5.82 Å². The second-order valence-electron chi connectivity index (χ2n) is 3.00. The third-order valence-electron chi connectivity index (χ3n) is 2.01. The average Bonchev–Trinajstić information content (AvgIpc) is 2.55. The number of rotatable bonds is 2. The first-order valence-electron chi connectivity index (χ1n) is 4.28. The maximum absolute atomic E-state index is 12.7. The van der Waals surface area contributed by atoms with Gasteiger partial charge in [0.05, 0.1) is 11.3 Å². The molecule has 2 rings (SSSR count). The van der Waals surface area contributed by atoms with E-state index in [1.807, 2.05) is 0 Å². The summed E-state index contributed by atoms with van der Waals surface area (Å²) in [5.74, 6) is -0.318. The molecule has 0 saturated carbocycles. The maximum atomic E-state index is 12.7. The number of halogens is 3. The maximum Gasteiger partial charge on any atom is 0.155 e. The molecular formula is C10H5Br2FN2O. The van der Waals surface area contributed by atoms with Gasteiger partial charge in [-0.25, -0.2) is 9.07 Å². The lowest BCUT2D eigenvalue weighted by molar-refractivity contribution is 0.112. The van der Waals surface area contributed by atoms with Crippen LogP contribution in [-0.2, 0) is 0 Å². The van der Waals surface area contributed by atoms with Crippen LogP contribution in [0.2, 0.25) is 0 Å². The summed E-state index contributed by atoms with van der Waals surface area (Å²) < 4.78 is 15.2. The van der Waals surface area contributed by atoms with E-state index in [1.165, 1.54) is 16.8 Å². The molecule has 0 amide bonds. The van der Waals surface area contributed by atoms with Crippen LogP contribution in [0.25, 0.3) is 5.69 Å². The average molecular weight is 348 g/mol. The number of aromatic nitrogens is 2. The molecular weight excluding hydrogens is 343 g/mol. The fourth-order valence-corrected chi connectivity index (χ4v) is 2.51. The van der Waals surface area contributed by atoms with Crippen LogP contribution >= 0.6 is 31.9 Å². The zero-order valence-corrected chi connectivity index (χ0v) is 11.0. The van der Waals surface area contributed by atoms with Gasteiger partial charge in [0, 0.05) is 0 Å². The van der Waals surface area contributed by atoms with Crippen molar-refractivity contribution in [3.8, 4) is 5.69 Å². The number of hydrogen-bond donors (Lipinski definition) is 0. The van der Waals surface area contributed by atoms with Gasteiger partial charge < -0.3 is 0 Å². The second kappa shape index (κ2) is 4.47. The van der Waals surface area contributed by atoms with Crippen LogP contribution in [-0.4, -0.2) is 16.1 Å². The molecule has 0 atom stereocenters. The van der Waals surface area contributed by atoms with Crippen LogP contribution in [0.5, 0.6) is 0 Å². The van der Waals surface area contributed by atoms with Crippen molar-refractivity contribution in [3.05, 3.63) is 44.9 Å².